The van der Waals surface area contributed by atoms with Crippen LogP contribution in [0.3, 0.4) is 0 Å². The molecule has 0 aliphatic heterocycles. The molecule has 0 amide bonds. The van der Waals surface area contributed by atoms with Crippen molar-refractivity contribution in [1.29, 1.82) is 0 Å². The first-order chi connectivity index (χ1) is 8.06. The second kappa shape index (κ2) is 5.08. The number of hydrogen-bond donors (Lipinski definition) is 1. The summed E-state index contributed by atoms with van der Waals surface area (Å²) >= 11 is 11.9. The van der Waals surface area contributed by atoms with Crippen LogP contribution in [0, 0.1) is 0 Å². The van der Waals surface area contributed by atoms with Crippen molar-refractivity contribution in [1.82, 2.24) is 9.78 Å². The minimum atomic E-state index is 0.0842. The van der Waals surface area contributed by atoms with E-state index in [0.29, 0.717) is 10.0 Å². The standard InChI is InChI=1S/C12H13Cl2N3/c1-8(15)4-9-2-3-10(13)5-12(9)17-7-11(14)6-16-17/h2-3,5-8H,4,15H2,1H3. The summed E-state index contributed by atoms with van der Waals surface area (Å²) in [6.07, 6.45) is 4.11. The first kappa shape index (κ1) is 12.4. The normalized spacial score (nSPS) is 12.7. The van der Waals surface area contributed by atoms with Crippen LogP contribution in [-0.2, 0) is 6.42 Å². The second-order valence-electron chi connectivity index (χ2n) is 4.06. The van der Waals surface area contributed by atoms with E-state index in [1.165, 1.54) is 0 Å². The van der Waals surface area contributed by atoms with Gasteiger partial charge in [0.25, 0.3) is 0 Å². The van der Waals surface area contributed by atoms with E-state index >= 15 is 0 Å². The Bertz CT molecular complexity index is 520. The summed E-state index contributed by atoms with van der Waals surface area (Å²) in [5.41, 5.74) is 7.85. The van der Waals surface area contributed by atoms with Crippen LogP contribution >= 0.6 is 23.2 Å². The lowest BCUT2D eigenvalue weighted by molar-refractivity contribution is 0.727. The zero-order valence-electron chi connectivity index (χ0n) is 9.40. The maximum atomic E-state index is 6.00. The largest absolute Gasteiger partial charge is 0.328 e. The van der Waals surface area contributed by atoms with Gasteiger partial charge in [-0.2, -0.15) is 5.10 Å². The van der Waals surface area contributed by atoms with Gasteiger partial charge < -0.3 is 5.73 Å². The predicted molar refractivity (Wildman–Crippen MR) is 70.9 cm³/mol. The van der Waals surface area contributed by atoms with Gasteiger partial charge in [0.2, 0.25) is 0 Å². The van der Waals surface area contributed by atoms with Gasteiger partial charge in [-0.25, -0.2) is 4.68 Å². The molecule has 1 aromatic carbocycles. The molecular formula is C12H13Cl2N3. The summed E-state index contributed by atoms with van der Waals surface area (Å²) in [5.74, 6) is 0. The van der Waals surface area contributed by atoms with E-state index in [1.807, 2.05) is 25.1 Å². The van der Waals surface area contributed by atoms with Crippen molar-refractivity contribution < 1.29 is 0 Å². The number of hydrogen-bond acceptors (Lipinski definition) is 2. The minimum absolute atomic E-state index is 0.0842. The van der Waals surface area contributed by atoms with E-state index in [9.17, 15) is 0 Å². The fourth-order valence-corrected chi connectivity index (χ4v) is 2.00. The zero-order chi connectivity index (χ0) is 12.4. The van der Waals surface area contributed by atoms with Gasteiger partial charge in [-0.3, -0.25) is 0 Å². The Morgan fingerprint density at radius 1 is 1.35 bits per heavy atom. The van der Waals surface area contributed by atoms with Crippen molar-refractivity contribution >= 4 is 23.2 Å². The lowest BCUT2D eigenvalue weighted by Crippen LogP contribution is -2.19. The summed E-state index contributed by atoms with van der Waals surface area (Å²) in [6.45, 7) is 1.97. The number of rotatable bonds is 3. The van der Waals surface area contributed by atoms with Crippen LogP contribution < -0.4 is 5.73 Å². The second-order valence-corrected chi connectivity index (χ2v) is 4.93. The van der Waals surface area contributed by atoms with Gasteiger partial charge >= 0.3 is 0 Å². The monoisotopic (exact) mass is 269 g/mol. The topological polar surface area (TPSA) is 43.8 Å². The SMILES string of the molecule is CC(N)Cc1ccc(Cl)cc1-n1cc(Cl)cn1. The summed E-state index contributed by atoms with van der Waals surface area (Å²) in [4.78, 5) is 0. The van der Waals surface area contributed by atoms with Gasteiger partial charge in [-0.15, -0.1) is 0 Å². The van der Waals surface area contributed by atoms with E-state index < -0.39 is 0 Å². The summed E-state index contributed by atoms with van der Waals surface area (Å²) in [5, 5.41) is 5.44. The highest BCUT2D eigenvalue weighted by molar-refractivity contribution is 6.31. The van der Waals surface area contributed by atoms with Crippen LogP contribution in [0.4, 0.5) is 0 Å². The molecule has 0 fully saturated rings. The highest BCUT2D eigenvalue weighted by atomic mass is 35.5. The fraction of sp³-hybridized carbons (Fsp3) is 0.250. The number of nitrogens with two attached hydrogens (primary N) is 1. The summed E-state index contributed by atoms with van der Waals surface area (Å²) in [7, 11) is 0. The average molecular weight is 270 g/mol. The Labute approximate surface area is 110 Å². The van der Waals surface area contributed by atoms with Crippen molar-refractivity contribution in [3.8, 4) is 5.69 Å². The molecule has 0 spiro atoms. The number of aromatic nitrogens is 2. The number of nitrogens with zero attached hydrogens (tertiary/aromatic N) is 2. The third kappa shape index (κ3) is 3.00. The van der Waals surface area contributed by atoms with Crippen molar-refractivity contribution in [3.05, 3.63) is 46.2 Å². The molecule has 1 heterocycles. The molecule has 5 heteroatoms. The molecule has 90 valence electrons. The maximum Gasteiger partial charge on any atom is 0.0790 e. The molecule has 1 atom stereocenters. The molecular weight excluding hydrogens is 257 g/mol. The van der Waals surface area contributed by atoms with Gasteiger partial charge in [-0.05, 0) is 31.0 Å². The number of benzene rings is 1. The Hall–Kier alpha value is -1.03. The molecule has 0 aliphatic rings. The lowest BCUT2D eigenvalue weighted by atomic mass is 10.1. The van der Waals surface area contributed by atoms with Crippen LogP contribution in [-0.4, -0.2) is 15.8 Å². The van der Waals surface area contributed by atoms with Crippen LogP contribution in [0.15, 0.2) is 30.6 Å². The van der Waals surface area contributed by atoms with Gasteiger partial charge in [-0.1, -0.05) is 29.3 Å². The van der Waals surface area contributed by atoms with Gasteiger partial charge in [0.15, 0.2) is 0 Å². The van der Waals surface area contributed by atoms with Crippen molar-refractivity contribution in [2.24, 2.45) is 5.73 Å². The molecule has 0 radical (unpaired) electrons. The van der Waals surface area contributed by atoms with Crippen molar-refractivity contribution in [2.75, 3.05) is 0 Å². The van der Waals surface area contributed by atoms with E-state index in [2.05, 4.69) is 5.10 Å². The zero-order valence-corrected chi connectivity index (χ0v) is 10.9. The van der Waals surface area contributed by atoms with E-state index in [-0.39, 0.29) is 6.04 Å². The quantitative estimate of drug-likeness (QED) is 0.931. The van der Waals surface area contributed by atoms with E-state index in [0.717, 1.165) is 17.7 Å². The van der Waals surface area contributed by atoms with Crippen molar-refractivity contribution in [3.63, 3.8) is 0 Å². The molecule has 0 saturated heterocycles. The minimum Gasteiger partial charge on any atom is -0.328 e. The van der Waals surface area contributed by atoms with Gasteiger partial charge in [0, 0.05) is 17.3 Å². The smallest absolute Gasteiger partial charge is 0.0790 e. The molecule has 1 aromatic heterocycles. The Morgan fingerprint density at radius 3 is 2.71 bits per heavy atom. The predicted octanol–water partition coefficient (Wildman–Crippen LogP) is 3.07. The first-order valence-electron chi connectivity index (χ1n) is 5.31. The third-order valence-electron chi connectivity index (χ3n) is 2.39. The van der Waals surface area contributed by atoms with Gasteiger partial charge in [0.05, 0.1) is 16.9 Å². The Balaban J connectivity index is 2.46. The van der Waals surface area contributed by atoms with Crippen LogP contribution in [0.1, 0.15) is 12.5 Å². The molecule has 2 rings (SSSR count). The summed E-state index contributed by atoms with van der Waals surface area (Å²) in [6, 6.07) is 5.77. The van der Waals surface area contributed by atoms with E-state index in [4.69, 9.17) is 28.9 Å². The average Bonchev–Trinajstić information content (AvgIpc) is 2.67. The Kier molecular flexibility index (Phi) is 3.72. The van der Waals surface area contributed by atoms with Crippen molar-refractivity contribution in [2.45, 2.75) is 19.4 Å². The van der Waals surface area contributed by atoms with E-state index in [1.54, 1.807) is 17.1 Å². The Morgan fingerprint density at radius 2 is 2.12 bits per heavy atom. The number of halogens is 2. The highest BCUT2D eigenvalue weighted by Gasteiger charge is 2.09. The van der Waals surface area contributed by atoms with Gasteiger partial charge in [0.1, 0.15) is 0 Å². The van der Waals surface area contributed by atoms with Crippen LogP contribution in [0.25, 0.3) is 5.69 Å². The van der Waals surface area contributed by atoms with Crippen LogP contribution in [0.2, 0.25) is 10.0 Å². The molecule has 2 N–H and O–H groups in total. The molecule has 0 aliphatic carbocycles. The lowest BCUT2D eigenvalue weighted by Gasteiger charge is -2.12. The molecule has 0 bridgehead atoms. The highest BCUT2D eigenvalue weighted by Crippen LogP contribution is 2.22. The molecule has 1 unspecified atom stereocenters. The first-order valence-corrected chi connectivity index (χ1v) is 6.06. The maximum absolute atomic E-state index is 6.00. The van der Waals surface area contributed by atoms with Crippen LogP contribution in [0.5, 0.6) is 0 Å². The molecule has 0 saturated carbocycles. The third-order valence-corrected chi connectivity index (χ3v) is 2.82. The molecule has 17 heavy (non-hydrogen) atoms. The summed E-state index contributed by atoms with van der Waals surface area (Å²) < 4.78 is 1.71. The molecule has 2 aromatic rings. The fourth-order valence-electron chi connectivity index (χ4n) is 1.70. The molecule has 3 nitrogen and oxygen atoms in total.